The third-order valence-corrected chi connectivity index (χ3v) is 4.16. The van der Waals surface area contributed by atoms with Crippen LogP contribution < -0.4 is 0 Å². The van der Waals surface area contributed by atoms with Crippen LogP contribution in [0.3, 0.4) is 0 Å². The zero-order chi connectivity index (χ0) is 10.1. The molecule has 0 unspecified atom stereocenters. The lowest BCUT2D eigenvalue weighted by Crippen LogP contribution is -2.41. The minimum absolute atomic E-state index is 0.159. The molecule has 1 fully saturated rings. The van der Waals surface area contributed by atoms with Crippen molar-refractivity contribution in [2.45, 2.75) is 65.5 Å². The average molecular weight is 186 g/mol. The Morgan fingerprint density at radius 1 is 0.923 bits per heavy atom. The third kappa shape index (κ3) is 2.24. The molecule has 0 bridgehead atoms. The van der Waals surface area contributed by atoms with Crippen molar-refractivity contribution in [3.8, 4) is 0 Å². The van der Waals surface area contributed by atoms with Gasteiger partial charge in [-0.25, -0.2) is 4.39 Å². The Kier molecular flexibility index (Phi) is 3.04. The van der Waals surface area contributed by atoms with Gasteiger partial charge in [-0.05, 0) is 32.6 Å². The summed E-state index contributed by atoms with van der Waals surface area (Å²) in [6, 6.07) is 0. The van der Waals surface area contributed by atoms with E-state index < -0.39 is 5.67 Å². The smallest absolute Gasteiger partial charge is 0.110 e. The van der Waals surface area contributed by atoms with Crippen LogP contribution in [0.5, 0.6) is 0 Å². The van der Waals surface area contributed by atoms with E-state index in [1.807, 2.05) is 0 Å². The number of halogens is 1. The summed E-state index contributed by atoms with van der Waals surface area (Å²) in [4.78, 5) is 0. The molecule has 0 aromatic heterocycles. The lowest BCUT2D eigenvalue weighted by molar-refractivity contribution is -0.0123. The van der Waals surface area contributed by atoms with Crippen LogP contribution in [-0.2, 0) is 0 Å². The van der Waals surface area contributed by atoms with Crippen molar-refractivity contribution >= 4 is 0 Å². The van der Waals surface area contributed by atoms with Crippen molar-refractivity contribution in [3.63, 3.8) is 0 Å². The van der Waals surface area contributed by atoms with Crippen LogP contribution in [0.25, 0.3) is 0 Å². The summed E-state index contributed by atoms with van der Waals surface area (Å²) in [5.41, 5.74) is -1.21. The molecule has 1 heteroatoms. The molecule has 0 radical (unpaired) electrons. The van der Waals surface area contributed by atoms with E-state index in [1.54, 1.807) is 13.8 Å². The van der Waals surface area contributed by atoms with Gasteiger partial charge in [0.2, 0.25) is 0 Å². The first-order valence-corrected chi connectivity index (χ1v) is 5.54. The zero-order valence-corrected chi connectivity index (χ0v) is 9.49. The summed E-state index contributed by atoms with van der Waals surface area (Å²) in [6.45, 7) is 7.62. The summed E-state index contributed by atoms with van der Waals surface area (Å²) in [5.74, 6) is 0.584. The molecule has 13 heavy (non-hydrogen) atoms. The van der Waals surface area contributed by atoms with Gasteiger partial charge in [0.1, 0.15) is 5.67 Å². The number of alkyl halides is 1. The maximum atomic E-state index is 14.0. The minimum atomic E-state index is -1.05. The lowest BCUT2D eigenvalue weighted by Gasteiger charge is -2.43. The molecule has 0 nitrogen and oxygen atoms in total. The molecule has 1 saturated carbocycles. The monoisotopic (exact) mass is 186 g/mol. The highest BCUT2D eigenvalue weighted by Crippen LogP contribution is 2.46. The van der Waals surface area contributed by atoms with Crippen molar-refractivity contribution < 1.29 is 4.39 Å². The van der Waals surface area contributed by atoms with Gasteiger partial charge >= 0.3 is 0 Å². The maximum absolute atomic E-state index is 14.0. The molecule has 0 aliphatic heterocycles. The largest absolute Gasteiger partial charge is 0.244 e. The highest BCUT2D eigenvalue weighted by Gasteiger charge is 2.43. The minimum Gasteiger partial charge on any atom is -0.244 e. The molecular weight excluding hydrogens is 163 g/mol. The van der Waals surface area contributed by atoms with Gasteiger partial charge in [0, 0.05) is 5.41 Å². The topological polar surface area (TPSA) is 0 Å². The highest BCUT2D eigenvalue weighted by atomic mass is 19.1. The van der Waals surface area contributed by atoms with Crippen molar-refractivity contribution in [1.82, 2.24) is 0 Å². The van der Waals surface area contributed by atoms with Crippen molar-refractivity contribution in [2.24, 2.45) is 11.3 Å². The Balaban J connectivity index is 2.67. The molecule has 1 rings (SSSR count). The highest BCUT2D eigenvalue weighted by molar-refractivity contribution is 4.92. The van der Waals surface area contributed by atoms with Gasteiger partial charge in [0.25, 0.3) is 0 Å². The summed E-state index contributed by atoms with van der Waals surface area (Å²) in [6.07, 6.45) is 6.38. The van der Waals surface area contributed by atoms with Crippen molar-refractivity contribution in [2.75, 3.05) is 0 Å². The lowest BCUT2D eigenvalue weighted by atomic mass is 9.64. The zero-order valence-electron chi connectivity index (χ0n) is 9.49. The standard InChI is InChI=1S/C12H23F/c1-11(2,12(3,4)13)10-8-6-5-7-9-10/h10H,5-9H2,1-4H3. The molecule has 1 aliphatic carbocycles. The maximum Gasteiger partial charge on any atom is 0.110 e. The van der Waals surface area contributed by atoms with Crippen molar-refractivity contribution in [1.29, 1.82) is 0 Å². The number of rotatable bonds is 2. The Morgan fingerprint density at radius 2 is 1.38 bits per heavy atom. The molecule has 1 aliphatic rings. The molecule has 0 heterocycles. The van der Waals surface area contributed by atoms with Gasteiger partial charge in [-0.3, -0.25) is 0 Å². The predicted molar refractivity (Wildman–Crippen MR) is 55.5 cm³/mol. The predicted octanol–water partition coefficient (Wildman–Crippen LogP) is 4.34. The molecule has 78 valence electrons. The molecule has 0 aromatic carbocycles. The van der Waals surface area contributed by atoms with Crippen LogP contribution in [0.1, 0.15) is 59.8 Å². The Hall–Kier alpha value is -0.0700. The summed E-state index contributed by atoms with van der Waals surface area (Å²) >= 11 is 0. The molecule has 0 N–H and O–H groups in total. The summed E-state index contributed by atoms with van der Waals surface area (Å²) in [5, 5.41) is 0. The Morgan fingerprint density at radius 3 is 1.77 bits per heavy atom. The fourth-order valence-electron chi connectivity index (χ4n) is 2.31. The van der Waals surface area contributed by atoms with E-state index in [2.05, 4.69) is 13.8 Å². The summed E-state index contributed by atoms with van der Waals surface area (Å²) in [7, 11) is 0. The second kappa shape index (κ2) is 3.59. The molecule has 0 saturated heterocycles. The Bertz CT molecular complexity index is 158. The SMILES string of the molecule is CC(C)(F)C(C)(C)C1CCCCC1. The van der Waals surface area contributed by atoms with Crippen LogP contribution in [0.4, 0.5) is 4.39 Å². The van der Waals surface area contributed by atoms with E-state index >= 15 is 0 Å². The van der Waals surface area contributed by atoms with E-state index in [4.69, 9.17) is 0 Å². The number of hydrogen-bond donors (Lipinski definition) is 0. The molecule has 0 atom stereocenters. The first-order valence-electron chi connectivity index (χ1n) is 5.54. The molecule has 0 amide bonds. The third-order valence-electron chi connectivity index (χ3n) is 4.16. The van der Waals surface area contributed by atoms with Gasteiger partial charge in [0.15, 0.2) is 0 Å². The normalized spacial score (nSPS) is 21.9. The van der Waals surface area contributed by atoms with Crippen LogP contribution >= 0.6 is 0 Å². The fraction of sp³-hybridized carbons (Fsp3) is 1.00. The van der Waals surface area contributed by atoms with E-state index in [0.717, 1.165) is 0 Å². The quantitative estimate of drug-likeness (QED) is 0.601. The van der Waals surface area contributed by atoms with Crippen LogP contribution in [0, 0.1) is 11.3 Å². The average Bonchev–Trinajstić information content (AvgIpc) is 2.04. The van der Waals surface area contributed by atoms with Gasteiger partial charge in [-0.15, -0.1) is 0 Å². The van der Waals surface area contributed by atoms with Crippen molar-refractivity contribution in [3.05, 3.63) is 0 Å². The second-order valence-corrected chi connectivity index (χ2v) is 5.53. The van der Waals surface area contributed by atoms with E-state index in [9.17, 15) is 4.39 Å². The van der Waals surface area contributed by atoms with E-state index in [0.29, 0.717) is 5.92 Å². The van der Waals surface area contributed by atoms with Gasteiger partial charge in [-0.1, -0.05) is 33.1 Å². The van der Waals surface area contributed by atoms with Gasteiger partial charge < -0.3 is 0 Å². The molecule has 0 aromatic rings. The van der Waals surface area contributed by atoms with Crippen LogP contribution in [0.2, 0.25) is 0 Å². The molecule has 0 spiro atoms. The van der Waals surface area contributed by atoms with Crippen LogP contribution in [0.15, 0.2) is 0 Å². The van der Waals surface area contributed by atoms with Gasteiger partial charge in [0.05, 0.1) is 0 Å². The number of hydrogen-bond acceptors (Lipinski definition) is 0. The van der Waals surface area contributed by atoms with E-state index in [-0.39, 0.29) is 5.41 Å². The van der Waals surface area contributed by atoms with E-state index in [1.165, 1.54) is 32.1 Å². The molecular formula is C12H23F. The first-order chi connectivity index (χ1) is 5.86. The first kappa shape index (κ1) is 11.0. The second-order valence-electron chi connectivity index (χ2n) is 5.53. The Labute approximate surface area is 81.9 Å². The van der Waals surface area contributed by atoms with Gasteiger partial charge in [-0.2, -0.15) is 0 Å². The fourth-order valence-corrected chi connectivity index (χ4v) is 2.31. The van der Waals surface area contributed by atoms with Crippen LogP contribution in [-0.4, -0.2) is 5.67 Å². The summed E-state index contributed by atoms with van der Waals surface area (Å²) < 4.78 is 14.0.